The third-order valence-electron chi connectivity index (χ3n) is 4.32. The minimum atomic E-state index is -0.340. The molecule has 0 aromatic carbocycles. The highest BCUT2D eigenvalue weighted by Gasteiger charge is 2.23. The fourth-order valence-electron chi connectivity index (χ4n) is 3.22. The summed E-state index contributed by atoms with van der Waals surface area (Å²) in [5, 5.41) is 4.50. The van der Waals surface area contributed by atoms with Crippen molar-refractivity contribution in [3.63, 3.8) is 0 Å². The molecule has 3 aromatic rings. The molecular weight excluding hydrogens is 320 g/mol. The molecule has 0 N–H and O–H groups in total. The third kappa shape index (κ3) is 2.52. The van der Waals surface area contributed by atoms with Gasteiger partial charge in [-0.1, -0.05) is 6.92 Å². The Hall–Kier alpha value is -2.64. The summed E-state index contributed by atoms with van der Waals surface area (Å²) in [6.07, 6.45) is 0.709. The first-order valence-corrected chi connectivity index (χ1v) is 8.53. The van der Waals surface area contributed by atoms with Crippen LogP contribution in [0.25, 0.3) is 17.1 Å². The molecular formula is C17H24N6O2. The van der Waals surface area contributed by atoms with E-state index in [0.717, 1.165) is 11.4 Å². The maximum absolute atomic E-state index is 13.0. The number of fused-ring (bicyclic) bond motifs is 1. The van der Waals surface area contributed by atoms with Crippen molar-refractivity contribution in [2.24, 2.45) is 7.05 Å². The Balaban J connectivity index is 2.50. The van der Waals surface area contributed by atoms with Crippen molar-refractivity contribution < 1.29 is 0 Å². The van der Waals surface area contributed by atoms with E-state index in [1.54, 1.807) is 11.7 Å². The van der Waals surface area contributed by atoms with Gasteiger partial charge >= 0.3 is 5.69 Å². The van der Waals surface area contributed by atoms with Crippen LogP contribution in [0.2, 0.25) is 0 Å². The van der Waals surface area contributed by atoms with Crippen molar-refractivity contribution >= 4 is 11.2 Å². The number of aromatic nitrogens is 6. The summed E-state index contributed by atoms with van der Waals surface area (Å²) in [5.74, 6) is 0.553. The van der Waals surface area contributed by atoms with Crippen LogP contribution in [0, 0.1) is 13.8 Å². The average molecular weight is 344 g/mol. The second-order valence-electron chi connectivity index (χ2n) is 6.69. The van der Waals surface area contributed by atoms with Crippen LogP contribution in [-0.2, 0) is 13.6 Å². The highest BCUT2D eigenvalue weighted by molar-refractivity contribution is 5.73. The van der Waals surface area contributed by atoms with Crippen LogP contribution in [-0.4, -0.2) is 28.5 Å². The number of hydrogen-bond acceptors (Lipinski definition) is 4. The summed E-state index contributed by atoms with van der Waals surface area (Å²) < 4.78 is 6.32. The lowest BCUT2D eigenvalue weighted by Gasteiger charge is -2.14. The van der Waals surface area contributed by atoms with Crippen LogP contribution in [0.1, 0.15) is 44.6 Å². The van der Waals surface area contributed by atoms with Crippen LogP contribution in [0.15, 0.2) is 15.7 Å². The highest BCUT2D eigenvalue weighted by Crippen LogP contribution is 2.21. The molecule has 0 saturated heterocycles. The fourth-order valence-corrected chi connectivity index (χ4v) is 3.22. The summed E-state index contributed by atoms with van der Waals surface area (Å²) in [6.45, 7) is 10.2. The van der Waals surface area contributed by atoms with Gasteiger partial charge in [-0.05, 0) is 40.2 Å². The lowest BCUT2D eigenvalue weighted by molar-refractivity contribution is 0.567. The maximum atomic E-state index is 13.0. The van der Waals surface area contributed by atoms with Crippen molar-refractivity contribution in [2.45, 2.75) is 53.6 Å². The molecule has 0 amide bonds. The predicted octanol–water partition coefficient (Wildman–Crippen LogP) is 1.69. The van der Waals surface area contributed by atoms with E-state index in [1.165, 1.54) is 9.13 Å². The van der Waals surface area contributed by atoms with E-state index in [2.05, 4.69) is 10.1 Å². The summed E-state index contributed by atoms with van der Waals surface area (Å²) >= 11 is 0. The largest absolute Gasteiger partial charge is 0.332 e. The van der Waals surface area contributed by atoms with Crippen LogP contribution < -0.4 is 11.2 Å². The van der Waals surface area contributed by atoms with E-state index in [4.69, 9.17) is 0 Å². The first kappa shape index (κ1) is 17.2. The standard InChI is InChI=1S/C17H24N6O2/c1-7-8-21-15(24)13-14(20(6)17(21)25)18-16(22(13)10(2)3)23-12(5)9-11(4)19-23/h9-10H,7-8H2,1-6H3. The van der Waals surface area contributed by atoms with E-state index >= 15 is 0 Å². The number of rotatable bonds is 4. The Kier molecular flexibility index (Phi) is 4.14. The van der Waals surface area contributed by atoms with Crippen molar-refractivity contribution in [2.75, 3.05) is 0 Å². The van der Waals surface area contributed by atoms with Gasteiger partial charge in [0.15, 0.2) is 11.2 Å². The summed E-state index contributed by atoms with van der Waals surface area (Å²) in [7, 11) is 1.65. The lowest BCUT2D eigenvalue weighted by Crippen LogP contribution is -2.39. The van der Waals surface area contributed by atoms with Gasteiger partial charge in [0.25, 0.3) is 5.56 Å². The van der Waals surface area contributed by atoms with E-state index in [9.17, 15) is 9.59 Å². The number of aryl methyl sites for hydroxylation is 3. The van der Waals surface area contributed by atoms with Gasteiger partial charge in [-0.25, -0.2) is 9.48 Å². The van der Waals surface area contributed by atoms with Crippen LogP contribution >= 0.6 is 0 Å². The monoisotopic (exact) mass is 344 g/mol. The molecule has 0 aliphatic heterocycles. The Labute approximate surface area is 145 Å². The van der Waals surface area contributed by atoms with Crippen molar-refractivity contribution in [1.29, 1.82) is 0 Å². The molecule has 134 valence electrons. The minimum absolute atomic E-state index is 0.0100. The molecule has 0 aliphatic carbocycles. The molecule has 3 aromatic heterocycles. The zero-order chi connectivity index (χ0) is 18.5. The third-order valence-corrected chi connectivity index (χ3v) is 4.32. The van der Waals surface area contributed by atoms with E-state index < -0.39 is 0 Å². The van der Waals surface area contributed by atoms with Crippen LogP contribution in [0.5, 0.6) is 0 Å². The van der Waals surface area contributed by atoms with Gasteiger partial charge in [0.2, 0.25) is 5.95 Å². The summed E-state index contributed by atoms with van der Waals surface area (Å²) in [4.78, 5) is 30.2. The van der Waals surface area contributed by atoms with Gasteiger partial charge in [0.1, 0.15) is 0 Å². The molecule has 0 atom stereocenters. The van der Waals surface area contributed by atoms with Gasteiger partial charge in [-0.3, -0.25) is 18.5 Å². The molecule has 0 bridgehead atoms. The number of imidazole rings is 1. The molecule has 0 saturated carbocycles. The van der Waals surface area contributed by atoms with E-state index in [-0.39, 0.29) is 17.3 Å². The zero-order valence-corrected chi connectivity index (χ0v) is 15.6. The van der Waals surface area contributed by atoms with Crippen molar-refractivity contribution in [1.82, 2.24) is 28.5 Å². The van der Waals surface area contributed by atoms with E-state index in [1.807, 2.05) is 45.3 Å². The molecule has 8 nitrogen and oxygen atoms in total. The Morgan fingerprint density at radius 1 is 1.20 bits per heavy atom. The van der Waals surface area contributed by atoms with Crippen LogP contribution in [0.3, 0.4) is 0 Å². The fraction of sp³-hybridized carbons (Fsp3) is 0.529. The maximum Gasteiger partial charge on any atom is 0.332 e. The smallest absolute Gasteiger partial charge is 0.300 e. The summed E-state index contributed by atoms with van der Waals surface area (Å²) in [6, 6.07) is 1.95. The van der Waals surface area contributed by atoms with Gasteiger partial charge < -0.3 is 0 Å². The predicted molar refractivity (Wildman–Crippen MR) is 96.5 cm³/mol. The highest BCUT2D eigenvalue weighted by atomic mass is 16.2. The van der Waals surface area contributed by atoms with Crippen molar-refractivity contribution in [3.8, 4) is 5.95 Å². The Morgan fingerprint density at radius 3 is 2.40 bits per heavy atom. The molecule has 25 heavy (non-hydrogen) atoms. The second kappa shape index (κ2) is 6.02. The van der Waals surface area contributed by atoms with Crippen molar-refractivity contribution in [3.05, 3.63) is 38.3 Å². The first-order valence-electron chi connectivity index (χ1n) is 8.53. The minimum Gasteiger partial charge on any atom is -0.300 e. The van der Waals surface area contributed by atoms with Gasteiger partial charge in [-0.15, -0.1) is 0 Å². The molecule has 3 rings (SSSR count). The Bertz CT molecular complexity index is 1060. The van der Waals surface area contributed by atoms with Gasteiger partial charge in [-0.2, -0.15) is 10.1 Å². The average Bonchev–Trinajstić information content (AvgIpc) is 3.09. The Morgan fingerprint density at radius 2 is 1.88 bits per heavy atom. The quantitative estimate of drug-likeness (QED) is 0.721. The molecule has 3 heterocycles. The van der Waals surface area contributed by atoms with Crippen LogP contribution in [0.4, 0.5) is 0 Å². The summed E-state index contributed by atoms with van der Waals surface area (Å²) in [5.41, 5.74) is 1.99. The molecule has 0 aliphatic rings. The zero-order valence-electron chi connectivity index (χ0n) is 15.6. The second-order valence-corrected chi connectivity index (χ2v) is 6.69. The molecule has 0 spiro atoms. The molecule has 0 fully saturated rings. The number of nitrogens with zero attached hydrogens (tertiary/aromatic N) is 6. The normalized spacial score (nSPS) is 11.8. The molecule has 0 unspecified atom stereocenters. The lowest BCUT2D eigenvalue weighted by atomic mass is 10.3. The van der Waals surface area contributed by atoms with E-state index in [0.29, 0.717) is 30.1 Å². The molecule has 0 radical (unpaired) electrons. The SMILES string of the molecule is CCCn1c(=O)c2c(nc(-n3nc(C)cc3C)n2C(C)C)n(C)c1=O. The van der Waals surface area contributed by atoms with Gasteiger partial charge in [0, 0.05) is 25.3 Å². The van der Waals surface area contributed by atoms with Gasteiger partial charge in [0.05, 0.1) is 5.69 Å². The topological polar surface area (TPSA) is 79.6 Å². The molecule has 8 heteroatoms. The number of hydrogen-bond donors (Lipinski definition) is 0. The first-order chi connectivity index (χ1) is 11.8.